The van der Waals surface area contributed by atoms with Crippen molar-refractivity contribution in [3.05, 3.63) is 30.1 Å². The lowest BCUT2D eigenvalue weighted by Gasteiger charge is -2.06. The summed E-state index contributed by atoms with van der Waals surface area (Å²) in [5, 5.41) is 12.1. The summed E-state index contributed by atoms with van der Waals surface area (Å²) in [4.78, 5) is 4.51. The van der Waals surface area contributed by atoms with Gasteiger partial charge >= 0.3 is 0 Å². The quantitative estimate of drug-likeness (QED) is 0.893. The first-order chi connectivity index (χ1) is 7.36. The molecule has 4 nitrogen and oxygen atoms in total. The Morgan fingerprint density at radius 2 is 2.00 bits per heavy atom. The second kappa shape index (κ2) is 7.50. The van der Waals surface area contributed by atoms with Crippen LogP contribution in [0.1, 0.15) is 5.82 Å². The van der Waals surface area contributed by atoms with Gasteiger partial charge in [-0.3, -0.25) is 0 Å². The summed E-state index contributed by atoms with van der Waals surface area (Å²) < 4.78 is 2.05. The molecule has 0 spiro atoms. The summed E-state index contributed by atoms with van der Waals surface area (Å²) in [7, 11) is 1.89. The highest BCUT2D eigenvalue weighted by Gasteiger charge is 2.08. The molecule has 0 radical (unpaired) electrons. The van der Waals surface area contributed by atoms with E-state index in [1.54, 1.807) is 0 Å². The molecule has 0 aliphatic carbocycles. The largest absolute Gasteiger partial charge is 0.395 e. The van der Waals surface area contributed by atoms with Crippen LogP contribution in [-0.4, -0.2) is 28.3 Å². The zero-order valence-corrected chi connectivity index (χ0v) is 11.2. The number of nitrogens with zero attached hydrogens (tertiary/aromatic N) is 2. The molecule has 0 bridgehead atoms. The van der Waals surface area contributed by atoms with Gasteiger partial charge in [-0.1, -0.05) is 12.1 Å². The van der Waals surface area contributed by atoms with Gasteiger partial charge in [-0.25, -0.2) is 4.98 Å². The number of benzene rings is 1. The van der Waals surface area contributed by atoms with Gasteiger partial charge in [0.05, 0.1) is 24.2 Å². The Hall–Kier alpha value is -0.810. The summed E-state index contributed by atoms with van der Waals surface area (Å²) in [6.07, 6.45) is 0. The summed E-state index contributed by atoms with van der Waals surface area (Å²) >= 11 is 0. The molecule has 0 saturated heterocycles. The molecule has 1 heterocycles. The molecule has 17 heavy (non-hydrogen) atoms. The number of aliphatic hydroxyl groups excluding tert-OH is 1. The van der Waals surface area contributed by atoms with E-state index < -0.39 is 0 Å². The Morgan fingerprint density at radius 3 is 2.65 bits per heavy atom. The third kappa shape index (κ3) is 3.33. The second-order valence-corrected chi connectivity index (χ2v) is 3.42. The lowest BCUT2D eigenvalue weighted by atomic mass is 10.3. The van der Waals surface area contributed by atoms with Crippen LogP contribution in [-0.2, 0) is 13.1 Å². The molecule has 2 aromatic rings. The SMILES string of the molecule is CNCc1nc2ccccc2n1CCO.Cl.Cl. The fourth-order valence-electron chi connectivity index (χ4n) is 1.77. The van der Waals surface area contributed by atoms with Crippen LogP contribution in [0.4, 0.5) is 0 Å². The van der Waals surface area contributed by atoms with E-state index in [1.807, 2.05) is 35.9 Å². The van der Waals surface area contributed by atoms with E-state index >= 15 is 0 Å². The van der Waals surface area contributed by atoms with Crippen LogP contribution < -0.4 is 5.32 Å². The van der Waals surface area contributed by atoms with Gasteiger partial charge in [-0.05, 0) is 19.2 Å². The van der Waals surface area contributed by atoms with Crippen LogP contribution >= 0.6 is 24.8 Å². The highest BCUT2D eigenvalue weighted by Crippen LogP contribution is 2.15. The summed E-state index contributed by atoms with van der Waals surface area (Å²) in [6.45, 7) is 1.45. The Labute approximate surface area is 113 Å². The first-order valence-electron chi connectivity index (χ1n) is 5.06. The molecule has 0 fully saturated rings. The number of halogens is 2. The molecule has 1 aromatic carbocycles. The Kier molecular flexibility index (Phi) is 7.15. The third-order valence-electron chi connectivity index (χ3n) is 2.39. The molecular weight excluding hydrogens is 261 g/mol. The molecule has 96 valence electrons. The topological polar surface area (TPSA) is 50.1 Å². The summed E-state index contributed by atoms with van der Waals surface area (Å²) in [5.74, 6) is 0.966. The minimum Gasteiger partial charge on any atom is -0.395 e. The molecule has 0 amide bonds. The summed E-state index contributed by atoms with van der Waals surface area (Å²) in [5.41, 5.74) is 2.06. The number of hydrogen-bond acceptors (Lipinski definition) is 3. The molecule has 0 unspecified atom stereocenters. The predicted molar refractivity (Wildman–Crippen MR) is 74.1 cm³/mol. The number of nitrogens with one attached hydrogen (secondary N) is 1. The molecule has 0 saturated carbocycles. The molecule has 6 heteroatoms. The fourth-order valence-corrected chi connectivity index (χ4v) is 1.77. The molecule has 0 aliphatic rings. The fraction of sp³-hybridized carbons (Fsp3) is 0.364. The second-order valence-electron chi connectivity index (χ2n) is 3.42. The van der Waals surface area contributed by atoms with Crippen molar-refractivity contribution in [3.63, 3.8) is 0 Å². The highest BCUT2D eigenvalue weighted by molar-refractivity contribution is 5.85. The number of para-hydroxylation sites is 2. The van der Waals surface area contributed by atoms with Gasteiger partial charge in [-0.2, -0.15) is 0 Å². The number of imidazole rings is 1. The number of fused-ring (bicyclic) bond motifs is 1. The molecule has 0 aliphatic heterocycles. The van der Waals surface area contributed by atoms with Gasteiger partial charge in [0.2, 0.25) is 0 Å². The monoisotopic (exact) mass is 277 g/mol. The minimum absolute atomic E-state index is 0. The average Bonchev–Trinajstić information content (AvgIpc) is 2.59. The Balaban J connectivity index is 0.00000128. The highest BCUT2D eigenvalue weighted by atomic mass is 35.5. The van der Waals surface area contributed by atoms with E-state index in [2.05, 4.69) is 10.3 Å². The molecule has 2 rings (SSSR count). The number of aliphatic hydroxyl groups is 1. The van der Waals surface area contributed by atoms with Gasteiger partial charge in [0.25, 0.3) is 0 Å². The van der Waals surface area contributed by atoms with E-state index in [4.69, 9.17) is 5.11 Å². The normalized spacial score (nSPS) is 9.76. The van der Waals surface area contributed by atoms with Crippen molar-refractivity contribution < 1.29 is 5.11 Å². The standard InChI is InChI=1S/C11H15N3O.2ClH/c1-12-8-11-13-9-4-2-3-5-10(9)14(11)6-7-15;;/h2-5,12,15H,6-8H2,1H3;2*1H. The van der Waals surface area contributed by atoms with Crippen molar-refractivity contribution in [2.75, 3.05) is 13.7 Å². The number of hydrogen-bond donors (Lipinski definition) is 2. The molecule has 1 aromatic heterocycles. The van der Waals surface area contributed by atoms with Crippen molar-refractivity contribution in [2.24, 2.45) is 0 Å². The zero-order valence-electron chi connectivity index (χ0n) is 9.59. The van der Waals surface area contributed by atoms with E-state index in [0.717, 1.165) is 16.9 Å². The lowest BCUT2D eigenvalue weighted by Crippen LogP contribution is -2.13. The molecule has 0 atom stereocenters. The van der Waals surface area contributed by atoms with Crippen LogP contribution in [0.25, 0.3) is 11.0 Å². The molecular formula is C11H17Cl2N3O. The number of aromatic nitrogens is 2. The van der Waals surface area contributed by atoms with Crippen molar-refractivity contribution in [3.8, 4) is 0 Å². The van der Waals surface area contributed by atoms with Gasteiger partial charge in [-0.15, -0.1) is 24.8 Å². The Bertz CT molecular complexity index is 459. The van der Waals surface area contributed by atoms with Gasteiger partial charge < -0.3 is 15.0 Å². The maximum absolute atomic E-state index is 9.02. The van der Waals surface area contributed by atoms with Crippen LogP contribution in [0.3, 0.4) is 0 Å². The van der Waals surface area contributed by atoms with Gasteiger partial charge in [0.15, 0.2) is 0 Å². The van der Waals surface area contributed by atoms with Crippen LogP contribution in [0.2, 0.25) is 0 Å². The van der Waals surface area contributed by atoms with Gasteiger partial charge in [0, 0.05) is 6.54 Å². The van der Waals surface area contributed by atoms with Crippen molar-refractivity contribution in [2.45, 2.75) is 13.1 Å². The van der Waals surface area contributed by atoms with E-state index in [-0.39, 0.29) is 31.4 Å². The maximum atomic E-state index is 9.02. The van der Waals surface area contributed by atoms with E-state index in [9.17, 15) is 0 Å². The van der Waals surface area contributed by atoms with Crippen LogP contribution in [0.15, 0.2) is 24.3 Å². The zero-order chi connectivity index (χ0) is 10.7. The lowest BCUT2D eigenvalue weighted by molar-refractivity contribution is 0.276. The van der Waals surface area contributed by atoms with E-state index in [0.29, 0.717) is 13.1 Å². The first-order valence-corrected chi connectivity index (χ1v) is 5.06. The van der Waals surface area contributed by atoms with E-state index in [1.165, 1.54) is 0 Å². The first kappa shape index (κ1) is 16.2. The molecule has 2 N–H and O–H groups in total. The predicted octanol–water partition coefficient (Wildman–Crippen LogP) is 1.59. The number of rotatable bonds is 4. The van der Waals surface area contributed by atoms with Crippen molar-refractivity contribution >= 4 is 35.8 Å². The van der Waals surface area contributed by atoms with Crippen molar-refractivity contribution in [1.82, 2.24) is 14.9 Å². The summed E-state index contributed by atoms with van der Waals surface area (Å²) in [6, 6.07) is 7.97. The Morgan fingerprint density at radius 1 is 1.29 bits per heavy atom. The van der Waals surface area contributed by atoms with Crippen molar-refractivity contribution in [1.29, 1.82) is 0 Å². The van der Waals surface area contributed by atoms with Crippen LogP contribution in [0.5, 0.6) is 0 Å². The van der Waals surface area contributed by atoms with Crippen LogP contribution in [0, 0.1) is 0 Å². The average molecular weight is 278 g/mol. The smallest absolute Gasteiger partial charge is 0.123 e. The third-order valence-corrected chi connectivity index (χ3v) is 2.39. The van der Waals surface area contributed by atoms with Gasteiger partial charge in [0.1, 0.15) is 5.82 Å². The maximum Gasteiger partial charge on any atom is 0.123 e. The minimum atomic E-state index is 0.